The third-order valence-corrected chi connectivity index (χ3v) is 5.33. The Balaban J connectivity index is 1.94. The van der Waals surface area contributed by atoms with Crippen molar-refractivity contribution in [1.82, 2.24) is 0 Å². The van der Waals surface area contributed by atoms with Crippen molar-refractivity contribution in [3.63, 3.8) is 0 Å². The van der Waals surface area contributed by atoms with Gasteiger partial charge in [0.25, 0.3) is 5.91 Å². The van der Waals surface area contributed by atoms with Gasteiger partial charge in [-0.3, -0.25) is 4.79 Å². The summed E-state index contributed by atoms with van der Waals surface area (Å²) >= 11 is 0. The van der Waals surface area contributed by atoms with Gasteiger partial charge in [0.2, 0.25) is 0 Å². The molecule has 1 N–H and O–H groups in total. The van der Waals surface area contributed by atoms with Crippen molar-refractivity contribution in [3.05, 3.63) is 101 Å². The van der Waals surface area contributed by atoms with Gasteiger partial charge in [-0.1, -0.05) is 30.3 Å². The van der Waals surface area contributed by atoms with Crippen LogP contribution in [0.5, 0.6) is 17.2 Å². The van der Waals surface area contributed by atoms with Crippen LogP contribution in [-0.2, 0) is 17.8 Å². The maximum atomic E-state index is 12.8. The third-order valence-electron chi connectivity index (χ3n) is 5.33. The first-order chi connectivity index (χ1) is 18.0. The molecule has 3 aromatic rings. The number of nitriles is 2. The lowest BCUT2D eigenvalue weighted by Gasteiger charge is -2.17. The van der Waals surface area contributed by atoms with Crippen LogP contribution >= 0.6 is 0 Å². The monoisotopic (exact) mass is 493 g/mol. The van der Waals surface area contributed by atoms with Crippen molar-refractivity contribution < 1.29 is 19.0 Å². The predicted molar refractivity (Wildman–Crippen MR) is 142 cm³/mol. The summed E-state index contributed by atoms with van der Waals surface area (Å²) in [5.74, 6) is 1.02. The molecule has 0 aliphatic rings. The highest BCUT2D eigenvalue weighted by molar-refractivity contribution is 6.09. The van der Waals surface area contributed by atoms with E-state index in [1.165, 1.54) is 13.2 Å². The molecule has 0 aliphatic carbocycles. The molecule has 3 rings (SSSR count). The second kappa shape index (κ2) is 13.2. The molecule has 7 heteroatoms. The van der Waals surface area contributed by atoms with Crippen LogP contribution in [0.1, 0.15) is 29.2 Å². The van der Waals surface area contributed by atoms with E-state index in [1.54, 1.807) is 48.5 Å². The smallest absolute Gasteiger partial charge is 0.266 e. The van der Waals surface area contributed by atoms with E-state index in [-0.39, 0.29) is 12.2 Å². The highest BCUT2D eigenvalue weighted by Gasteiger charge is 2.16. The first-order valence-corrected chi connectivity index (χ1v) is 11.6. The molecule has 1 amide bonds. The number of methoxy groups -OCH3 is 1. The summed E-state index contributed by atoms with van der Waals surface area (Å²) in [7, 11) is 1.54. The van der Waals surface area contributed by atoms with Crippen LogP contribution < -0.4 is 19.5 Å². The standard InChI is InChI=1S/C30H27N3O4/c1-4-9-22-14-21(15-25(19-32)30(34)33-26-12-8-13-27(17-26)35-3)16-28(36-5-2)29(22)37-20-24-11-7-6-10-23(24)18-31/h4,6-8,10-17H,1,5,9,20H2,2-3H3,(H,33,34)/b25-15+. The molecule has 0 heterocycles. The van der Waals surface area contributed by atoms with Crippen LogP contribution in [0.2, 0.25) is 0 Å². The van der Waals surface area contributed by atoms with Gasteiger partial charge in [-0.05, 0) is 55.3 Å². The summed E-state index contributed by atoms with van der Waals surface area (Å²) in [5, 5.41) is 21.8. The minimum Gasteiger partial charge on any atom is -0.497 e. The van der Waals surface area contributed by atoms with Gasteiger partial charge in [-0.25, -0.2) is 0 Å². The van der Waals surface area contributed by atoms with Crippen molar-refractivity contribution >= 4 is 17.7 Å². The van der Waals surface area contributed by atoms with Crippen LogP contribution in [0.3, 0.4) is 0 Å². The van der Waals surface area contributed by atoms with Gasteiger partial charge in [-0.15, -0.1) is 6.58 Å². The minimum absolute atomic E-state index is 0.0774. The fourth-order valence-electron chi connectivity index (χ4n) is 3.62. The first kappa shape index (κ1) is 26.6. The number of nitrogens with one attached hydrogen (secondary N) is 1. The molecule has 0 spiro atoms. The van der Waals surface area contributed by atoms with Gasteiger partial charge in [0.1, 0.15) is 24.0 Å². The van der Waals surface area contributed by atoms with E-state index in [9.17, 15) is 15.3 Å². The summed E-state index contributed by atoms with van der Waals surface area (Å²) in [4.78, 5) is 12.8. The summed E-state index contributed by atoms with van der Waals surface area (Å²) < 4.78 is 17.2. The summed E-state index contributed by atoms with van der Waals surface area (Å²) in [6.45, 7) is 6.25. The fraction of sp³-hybridized carbons (Fsp3) is 0.167. The maximum absolute atomic E-state index is 12.8. The lowest BCUT2D eigenvalue weighted by atomic mass is 10.0. The number of nitrogens with zero attached hydrogens (tertiary/aromatic N) is 2. The Kier molecular flexibility index (Phi) is 9.47. The van der Waals surface area contributed by atoms with Crippen LogP contribution in [0.15, 0.2) is 78.9 Å². The Morgan fingerprint density at radius 3 is 2.57 bits per heavy atom. The van der Waals surface area contributed by atoms with Gasteiger partial charge < -0.3 is 19.5 Å². The third kappa shape index (κ3) is 7.00. The molecule has 0 atom stereocenters. The Morgan fingerprint density at radius 2 is 1.86 bits per heavy atom. The normalized spacial score (nSPS) is 10.5. The van der Waals surface area contributed by atoms with E-state index in [0.29, 0.717) is 47.1 Å². The van der Waals surface area contributed by atoms with Crippen molar-refractivity contribution in [3.8, 4) is 29.4 Å². The average Bonchev–Trinajstić information content (AvgIpc) is 2.91. The van der Waals surface area contributed by atoms with E-state index >= 15 is 0 Å². The SMILES string of the molecule is C=CCc1cc(/C=C(\C#N)C(=O)Nc2cccc(OC)c2)cc(OCC)c1OCc1ccccc1C#N. The molecular formula is C30H27N3O4. The van der Waals surface area contributed by atoms with Crippen LogP contribution in [-0.4, -0.2) is 19.6 Å². The molecule has 0 radical (unpaired) electrons. The van der Waals surface area contributed by atoms with Gasteiger partial charge in [-0.2, -0.15) is 10.5 Å². The first-order valence-electron chi connectivity index (χ1n) is 11.6. The van der Waals surface area contributed by atoms with E-state index in [4.69, 9.17) is 14.2 Å². The number of benzene rings is 3. The lowest BCUT2D eigenvalue weighted by Crippen LogP contribution is -2.13. The van der Waals surface area contributed by atoms with Crippen molar-refractivity contribution in [2.24, 2.45) is 0 Å². The zero-order valence-corrected chi connectivity index (χ0v) is 20.8. The topological polar surface area (TPSA) is 104 Å². The van der Waals surface area contributed by atoms with E-state index in [2.05, 4.69) is 18.0 Å². The second-order valence-corrected chi connectivity index (χ2v) is 7.85. The highest BCUT2D eigenvalue weighted by atomic mass is 16.5. The Labute approximate surface area is 216 Å². The quantitative estimate of drug-likeness (QED) is 0.205. The molecular weight excluding hydrogens is 466 g/mol. The molecule has 0 unspecified atom stereocenters. The molecule has 7 nitrogen and oxygen atoms in total. The second-order valence-electron chi connectivity index (χ2n) is 7.85. The number of carbonyl (C=O) groups excluding carboxylic acids is 1. The number of anilines is 1. The molecule has 0 fully saturated rings. The average molecular weight is 494 g/mol. The maximum Gasteiger partial charge on any atom is 0.266 e. The molecule has 0 saturated heterocycles. The number of amides is 1. The molecule has 0 bridgehead atoms. The lowest BCUT2D eigenvalue weighted by molar-refractivity contribution is -0.112. The molecule has 37 heavy (non-hydrogen) atoms. The molecule has 186 valence electrons. The van der Waals surface area contributed by atoms with E-state index in [0.717, 1.165) is 11.1 Å². The molecule has 0 aliphatic heterocycles. The van der Waals surface area contributed by atoms with Gasteiger partial charge in [0.05, 0.1) is 25.3 Å². The highest BCUT2D eigenvalue weighted by Crippen LogP contribution is 2.35. The summed E-state index contributed by atoms with van der Waals surface area (Å²) in [6, 6.07) is 21.8. The van der Waals surface area contributed by atoms with Gasteiger partial charge >= 0.3 is 0 Å². The number of carbonyl (C=O) groups is 1. The summed E-state index contributed by atoms with van der Waals surface area (Å²) in [6.07, 6.45) is 3.70. The van der Waals surface area contributed by atoms with Crippen molar-refractivity contribution in [1.29, 1.82) is 10.5 Å². The molecule has 3 aromatic carbocycles. The number of ether oxygens (including phenoxy) is 3. The summed E-state index contributed by atoms with van der Waals surface area (Å²) in [5.41, 5.74) is 3.09. The Bertz CT molecular complexity index is 1400. The predicted octanol–water partition coefficient (Wildman–Crippen LogP) is 5.82. The number of hydrogen-bond donors (Lipinski definition) is 1. The number of allylic oxidation sites excluding steroid dienone is 1. The zero-order valence-electron chi connectivity index (χ0n) is 20.8. The number of rotatable bonds is 11. The van der Waals surface area contributed by atoms with Crippen molar-refractivity contribution in [2.75, 3.05) is 19.0 Å². The minimum atomic E-state index is -0.549. The van der Waals surface area contributed by atoms with Crippen LogP contribution in [0.25, 0.3) is 6.08 Å². The number of hydrogen-bond acceptors (Lipinski definition) is 6. The fourth-order valence-corrected chi connectivity index (χ4v) is 3.62. The van der Waals surface area contributed by atoms with Crippen LogP contribution in [0.4, 0.5) is 5.69 Å². The molecule has 0 aromatic heterocycles. The van der Waals surface area contributed by atoms with Gasteiger partial charge in [0.15, 0.2) is 11.5 Å². The zero-order chi connectivity index (χ0) is 26.6. The van der Waals surface area contributed by atoms with Crippen molar-refractivity contribution in [2.45, 2.75) is 20.0 Å². The van der Waals surface area contributed by atoms with E-state index < -0.39 is 5.91 Å². The Hall–Kier alpha value is -5.01. The Morgan fingerprint density at radius 1 is 1.05 bits per heavy atom. The van der Waals surface area contributed by atoms with Crippen LogP contribution in [0, 0.1) is 22.7 Å². The van der Waals surface area contributed by atoms with Gasteiger partial charge in [0, 0.05) is 22.9 Å². The largest absolute Gasteiger partial charge is 0.497 e. The van der Waals surface area contributed by atoms with E-state index in [1.807, 2.05) is 31.2 Å². The molecule has 0 saturated carbocycles.